The topological polar surface area (TPSA) is 43.9 Å². The van der Waals surface area contributed by atoms with Gasteiger partial charge in [0.1, 0.15) is 5.58 Å². The molecule has 0 amide bonds. The number of pyridine rings is 1. The predicted octanol–water partition coefficient (Wildman–Crippen LogP) is 14.1. The second kappa shape index (κ2) is 17.1. The molecule has 0 aliphatic rings. The van der Waals surface area contributed by atoms with Crippen LogP contribution in [0.2, 0.25) is 19.6 Å². The zero-order valence-electron chi connectivity index (χ0n) is 35.3. The first-order valence-corrected chi connectivity index (χ1v) is 24.1. The third-order valence-electron chi connectivity index (χ3n) is 11.1. The van der Waals surface area contributed by atoms with Gasteiger partial charge in [-0.2, -0.15) is 0 Å². The van der Waals surface area contributed by atoms with E-state index in [1.807, 2.05) is 54.7 Å². The Balaban J connectivity index is 0.000000255. The minimum Gasteiger partial charge on any atom is -0.501 e. The fraction of sp³-hybridized carbons (Fsp3) is 0.127. The molecule has 0 aliphatic carbocycles. The minimum absolute atomic E-state index is 0. The summed E-state index contributed by atoms with van der Waals surface area (Å²) in [4.78, 5) is 9.81. The van der Waals surface area contributed by atoms with Gasteiger partial charge in [-0.1, -0.05) is 154 Å². The van der Waals surface area contributed by atoms with Crippen LogP contribution < -0.4 is 5.19 Å². The van der Waals surface area contributed by atoms with Crippen LogP contribution in [0.25, 0.3) is 83.6 Å². The number of aromatic nitrogens is 3. The Bertz CT molecular complexity index is 3030. The molecule has 1 radical (unpaired) electrons. The van der Waals surface area contributed by atoms with Gasteiger partial charge in [-0.05, 0) is 63.3 Å². The molecule has 0 aliphatic heterocycles. The van der Waals surface area contributed by atoms with Crippen molar-refractivity contribution in [2.45, 2.75) is 45.8 Å². The van der Waals surface area contributed by atoms with Crippen molar-refractivity contribution in [1.82, 2.24) is 14.5 Å². The maximum Gasteiger partial charge on any atom is 0.120 e. The Hall–Kier alpha value is -6.17. The first kappa shape index (κ1) is 41.6. The summed E-state index contributed by atoms with van der Waals surface area (Å²) in [5.74, 6) is 0.800. The van der Waals surface area contributed by atoms with Crippen molar-refractivity contribution in [2.75, 3.05) is 0 Å². The molecule has 4 nitrogen and oxygen atoms in total. The summed E-state index contributed by atoms with van der Waals surface area (Å²) < 4.78 is 8.86. The van der Waals surface area contributed by atoms with Crippen LogP contribution in [0.1, 0.15) is 26.3 Å². The van der Waals surface area contributed by atoms with Crippen molar-refractivity contribution in [2.24, 2.45) is 0 Å². The van der Waals surface area contributed by atoms with Crippen LogP contribution >= 0.6 is 0 Å². The van der Waals surface area contributed by atoms with Crippen molar-refractivity contribution < 1.29 is 24.5 Å². The van der Waals surface area contributed by atoms with Gasteiger partial charge in [-0.3, -0.25) is 4.98 Å². The number of hydrogen-bond donors (Lipinski definition) is 0. The van der Waals surface area contributed by atoms with Crippen LogP contribution in [0.3, 0.4) is 0 Å². The number of furan rings is 1. The fourth-order valence-corrected chi connectivity index (χ4v) is 8.85. The van der Waals surface area contributed by atoms with E-state index >= 15 is 0 Å². The molecule has 10 aromatic rings. The van der Waals surface area contributed by atoms with E-state index < -0.39 is 8.07 Å². The van der Waals surface area contributed by atoms with Crippen molar-refractivity contribution in [3.05, 3.63) is 194 Å². The average molecular weight is 986 g/mol. The third-order valence-corrected chi connectivity index (χ3v) is 13.1. The van der Waals surface area contributed by atoms with Crippen LogP contribution in [0.5, 0.6) is 0 Å². The normalized spacial score (nSPS) is 11.6. The Morgan fingerprint density at radius 1 is 0.623 bits per heavy atom. The average Bonchev–Trinajstić information content (AvgIpc) is 3.85. The van der Waals surface area contributed by atoms with Gasteiger partial charge in [0, 0.05) is 42.8 Å². The van der Waals surface area contributed by atoms with Crippen molar-refractivity contribution in [3.8, 4) is 50.6 Å². The zero-order valence-corrected chi connectivity index (χ0v) is 38.7. The summed E-state index contributed by atoms with van der Waals surface area (Å²) in [6, 6.07) is 65.7. The maximum atomic E-state index is 6.53. The van der Waals surface area contributed by atoms with Crippen molar-refractivity contribution in [3.63, 3.8) is 0 Å². The monoisotopic (exact) mass is 986 g/mol. The van der Waals surface area contributed by atoms with E-state index in [1.54, 1.807) is 0 Å². The van der Waals surface area contributed by atoms with E-state index in [0.717, 1.165) is 83.6 Å². The molecule has 7 aromatic carbocycles. The van der Waals surface area contributed by atoms with Crippen LogP contribution in [-0.2, 0) is 25.5 Å². The second-order valence-corrected chi connectivity index (χ2v) is 22.4. The number of hydrogen-bond acceptors (Lipinski definition) is 3. The van der Waals surface area contributed by atoms with E-state index in [-0.39, 0.29) is 25.5 Å². The van der Waals surface area contributed by atoms with E-state index in [9.17, 15) is 0 Å². The molecule has 3 heterocycles. The van der Waals surface area contributed by atoms with E-state index in [2.05, 4.69) is 183 Å². The quantitative estimate of drug-likeness (QED) is 0.123. The van der Waals surface area contributed by atoms with E-state index in [0.29, 0.717) is 0 Å². The molecule has 0 unspecified atom stereocenters. The van der Waals surface area contributed by atoms with Gasteiger partial charge in [0.25, 0.3) is 0 Å². The number of fused-ring (bicyclic) bond motifs is 4. The number of nitrogens with zero attached hydrogens (tertiary/aromatic N) is 3. The summed E-state index contributed by atoms with van der Waals surface area (Å²) in [6.07, 6.45) is 2.02. The summed E-state index contributed by atoms with van der Waals surface area (Å²) in [7, 11) is -1.23. The van der Waals surface area contributed by atoms with Crippen molar-refractivity contribution in [1.29, 1.82) is 0 Å². The smallest absolute Gasteiger partial charge is 0.120 e. The van der Waals surface area contributed by atoms with Gasteiger partial charge in [-0.15, -0.1) is 54.1 Å². The molecule has 0 spiro atoms. The first-order valence-electron chi connectivity index (χ1n) is 20.6. The van der Waals surface area contributed by atoms with Gasteiger partial charge in [0.2, 0.25) is 0 Å². The fourth-order valence-electron chi connectivity index (χ4n) is 7.81. The minimum atomic E-state index is -1.23. The summed E-state index contributed by atoms with van der Waals surface area (Å²) in [5.41, 5.74) is 13.4. The molecule has 61 heavy (non-hydrogen) atoms. The van der Waals surface area contributed by atoms with Crippen LogP contribution in [0, 0.1) is 12.1 Å². The number of benzene rings is 7. The molecule has 3 aromatic heterocycles. The largest absolute Gasteiger partial charge is 0.501 e. The van der Waals surface area contributed by atoms with Gasteiger partial charge in [-0.25, -0.2) is 0 Å². The number of rotatable bonds is 6. The third kappa shape index (κ3) is 8.32. The maximum absolute atomic E-state index is 6.53. The van der Waals surface area contributed by atoms with Crippen LogP contribution in [-0.4, -0.2) is 22.6 Å². The molecule has 0 saturated carbocycles. The van der Waals surface area contributed by atoms with Gasteiger partial charge < -0.3 is 14.0 Å². The molecule has 10 rings (SSSR count). The van der Waals surface area contributed by atoms with E-state index in [4.69, 9.17) is 9.40 Å². The molecule has 6 heteroatoms. The standard InChI is InChI=1S/C41H31N2O.C14H16NSi.Ir/c1-41(2,3)29-25-33(27-15-6-4-7-16-27)38(34(26-29)28-17-8-5-9-18-28)43-36-23-12-11-22-35(36)42-40(43)32-21-14-20-31-30-19-10-13-24-37(30)44-39(31)32;1-16(2,3)13-9-10-14(15-11-13)12-7-5-4-6-8-12;/h4-20,22-26H,1-3H3;4-7,9-11H,1-3H3;/q2*-1;. The molecule has 0 fully saturated rings. The molecule has 0 atom stereocenters. The SMILES string of the molecule is CC(C)(C)c1cc(-c2ccccc2)c(-n2c(-c3[c-]ccc4c3oc3ccccc34)nc3ccccc32)c(-c2ccccc2)c1.C[Si](C)(C)c1ccc(-c2[c-]cccc2)nc1.[Ir]. The molecular formula is C55H47IrN3OSi-2. The number of imidazole rings is 1. The summed E-state index contributed by atoms with van der Waals surface area (Å²) in [6.45, 7) is 13.8. The van der Waals surface area contributed by atoms with Gasteiger partial charge in [0.05, 0.1) is 36.2 Å². The Kier molecular flexibility index (Phi) is 11.6. The van der Waals surface area contributed by atoms with Crippen LogP contribution in [0.4, 0.5) is 0 Å². The van der Waals surface area contributed by atoms with Gasteiger partial charge >= 0.3 is 0 Å². The predicted molar refractivity (Wildman–Crippen MR) is 254 cm³/mol. The molecular weight excluding hydrogens is 939 g/mol. The summed E-state index contributed by atoms with van der Waals surface area (Å²) >= 11 is 0. The first-order chi connectivity index (χ1) is 29.0. The second-order valence-electron chi connectivity index (χ2n) is 17.3. The van der Waals surface area contributed by atoms with Gasteiger partial charge in [0.15, 0.2) is 0 Å². The Morgan fingerprint density at radius 3 is 1.89 bits per heavy atom. The zero-order chi connectivity index (χ0) is 41.4. The van der Waals surface area contributed by atoms with Crippen molar-refractivity contribution >= 4 is 46.2 Å². The Morgan fingerprint density at radius 2 is 1.26 bits per heavy atom. The number of para-hydroxylation sites is 3. The summed E-state index contributed by atoms with van der Waals surface area (Å²) in [5, 5.41) is 3.54. The molecule has 0 saturated heterocycles. The molecule has 0 bridgehead atoms. The van der Waals surface area contributed by atoms with Crippen LogP contribution in [0.15, 0.2) is 180 Å². The molecule has 303 valence electrons. The Labute approximate surface area is 373 Å². The molecule has 0 N–H and O–H groups in total. The van der Waals surface area contributed by atoms with E-state index in [1.165, 1.54) is 10.8 Å².